The van der Waals surface area contributed by atoms with Gasteiger partial charge in [0.2, 0.25) is 0 Å². The van der Waals surface area contributed by atoms with Gasteiger partial charge in [0.15, 0.2) is 0 Å². The molecule has 0 aliphatic heterocycles. The molecule has 0 aliphatic rings. The van der Waals surface area contributed by atoms with E-state index in [1.807, 2.05) is 48.7 Å². The lowest BCUT2D eigenvalue weighted by molar-refractivity contribution is 1.14. The number of para-hydroxylation sites is 2. The molecule has 0 atom stereocenters. The molecule has 50 heavy (non-hydrogen) atoms. The Hall–Kier alpha value is -6.92. The number of pyridine rings is 4. The zero-order valence-electron chi connectivity index (χ0n) is 26.8. The van der Waals surface area contributed by atoms with Gasteiger partial charge >= 0.3 is 0 Å². The van der Waals surface area contributed by atoms with E-state index >= 15 is 0 Å². The molecule has 6 heteroatoms. The number of hydrogen-bond acceptors (Lipinski definition) is 4. The second-order valence-corrected chi connectivity index (χ2v) is 12.4. The standard InChI is InChI=1S/C44H28N6/c1-2-12-30(13-3-1)49-41-20-11-25-47-44(41)34-22-21-29(26-42(34)49)32-15-10-19-40-43(32)33-14-4-5-18-39(33)50(40)31-27-37(35-16-6-8-23-45-35)48-38(28-31)36-17-7-9-24-46-36/h1-28H. The Morgan fingerprint density at radius 2 is 1.04 bits per heavy atom. The molecule has 10 rings (SSSR count). The van der Waals surface area contributed by atoms with Crippen LogP contribution in [0.2, 0.25) is 0 Å². The minimum absolute atomic E-state index is 0.790. The number of rotatable bonds is 5. The second kappa shape index (κ2) is 11.4. The zero-order chi connectivity index (χ0) is 33.0. The van der Waals surface area contributed by atoms with E-state index in [0.29, 0.717) is 0 Å². The molecular formula is C44H28N6. The first kappa shape index (κ1) is 28.1. The Labute approximate surface area is 287 Å². The first-order valence-electron chi connectivity index (χ1n) is 16.6. The highest BCUT2D eigenvalue weighted by Crippen LogP contribution is 2.41. The van der Waals surface area contributed by atoms with Gasteiger partial charge in [-0.15, -0.1) is 0 Å². The van der Waals surface area contributed by atoms with Crippen LogP contribution in [0.15, 0.2) is 170 Å². The van der Waals surface area contributed by atoms with Gasteiger partial charge in [-0.2, -0.15) is 0 Å². The SMILES string of the molecule is c1ccc(-n2c3cc(-c4cccc5c4c4ccccc4n5-c4cc(-c5ccccn5)nc(-c5ccccn5)c4)ccc3c3ncccc32)cc1. The minimum Gasteiger partial charge on any atom is -0.309 e. The predicted octanol–water partition coefficient (Wildman–Crippen LogP) is 10.5. The maximum atomic E-state index is 5.04. The third kappa shape index (κ3) is 4.43. The first-order chi connectivity index (χ1) is 24.8. The summed E-state index contributed by atoms with van der Waals surface area (Å²) in [6, 6.07) is 52.8. The van der Waals surface area contributed by atoms with E-state index < -0.39 is 0 Å². The van der Waals surface area contributed by atoms with Crippen LogP contribution in [0.1, 0.15) is 0 Å². The van der Waals surface area contributed by atoms with Crippen molar-refractivity contribution < 1.29 is 0 Å². The van der Waals surface area contributed by atoms with Crippen molar-refractivity contribution in [2.75, 3.05) is 0 Å². The number of fused-ring (bicyclic) bond motifs is 6. The highest BCUT2D eigenvalue weighted by Gasteiger charge is 2.20. The van der Waals surface area contributed by atoms with Crippen LogP contribution in [0.25, 0.3) is 89.0 Å². The van der Waals surface area contributed by atoms with E-state index in [9.17, 15) is 0 Å². The molecule has 0 amide bonds. The van der Waals surface area contributed by atoms with Gasteiger partial charge in [0.05, 0.1) is 56.0 Å². The van der Waals surface area contributed by atoms with Gasteiger partial charge in [-0.25, -0.2) is 4.98 Å². The summed E-state index contributed by atoms with van der Waals surface area (Å²) in [5.41, 5.74) is 13.0. The van der Waals surface area contributed by atoms with Crippen molar-refractivity contribution in [1.29, 1.82) is 0 Å². The maximum absolute atomic E-state index is 5.04. The number of hydrogen-bond donors (Lipinski definition) is 0. The molecule has 10 aromatic rings. The Kier molecular flexibility index (Phi) is 6.39. The van der Waals surface area contributed by atoms with Crippen LogP contribution in [0, 0.1) is 0 Å². The fraction of sp³-hybridized carbons (Fsp3) is 0. The smallest absolute Gasteiger partial charge is 0.0963 e. The van der Waals surface area contributed by atoms with Gasteiger partial charge in [0, 0.05) is 40.4 Å². The van der Waals surface area contributed by atoms with Gasteiger partial charge < -0.3 is 9.13 Å². The third-order valence-corrected chi connectivity index (χ3v) is 9.47. The largest absolute Gasteiger partial charge is 0.309 e. The van der Waals surface area contributed by atoms with Crippen LogP contribution in [-0.2, 0) is 0 Å². The number of nitrogens with zero attached hydrogens (tertiary/aromatic N) is 6. The van der Waals surface area contributed by atoms with Crippen LogP contribution in [0.5, 0.6) is 0 Å². The van der Waals surface area contributed by atoms with Crippen molar-refractivity contribution in [2.45, 2.75) is 0 Å². The third-order valence-electron chi connectivity index (χ3n) is 9.47. The summed E-state index contributed by atoms with van der Waals surface area (Å²) < 4.78 is 4.66. The number of benzene rings is 4. The zero-order valence-corrected chi connectivity index (χ0v) is 26.8. The fourth-order valence-corrected chi connectivity index (χ4v) is 7.33. The van der Waals surface area contributed by atoms with E-state index in [4.69, 9.17) is 9.97 Å². The molecular weight excluding hydrogens is 613 g/mol. The molecule has 0 unspecified atom stereocenters. The molecule has 234 valence electrons. The molecule has 0 bridgehead atoms. The Balaban J connectivity index is 1.24. The van der Waals surface area contributed by atoms with Crippen LogP contribution >= 0.6 is 0 Å². The van der Waals surface area contributed by atoms with E-state index in [1.54, 1.807) is 12.4 Å². The summed E-state index contributed by atoms with van der Waals surface area (Å²) in [6.45, 7) is 0. The van der Waals surface area contributed by atoms with Gasteiger partial charge in [0.1, 0.15) is 0 Å². The van der Waals surface area contributed by atoms with Crippen molar-refractivity contribution >= 4 is 43.7 Å². The molecule has 6 nitrogen and oxygen atoms in total. The summed E-state index contributed by atoms with van der Waals surface area (Å²) in [5.74, 6) is 0. The molecule has 6 aromatic heterocycles. The second-order valence-electron chi connectivity index (χ2n) is 12.4. The maximum Gasteiger partial charge on any atom is 0.0963 e. The highest BCUT2D eigenvalue weighted by atomic mass is 15.0. The van der Waals surface area contributed by atoms with Crippen molar-refractivity contribution in [3.05, 3.63) is 170 Å². The quantitative estimate of drug-likeness (QED) is 0.188. The van der Waals surface area contributed by atoms with E-state index in [1.165, 1.54) is 16.3 Å². The summed E-state index contributed by atoms with van der Waals surface area (Å²) >= 11 is 0. The van der Waals surface area contributed by atoms with Crippen LogP contribution in [-0.4, -0.2) is 29.1 Å². The summed E-state index contributed by atoms with van der Waals surface area (Å²) in [6.07, 6.45) is 5.49. The molecule has 0 radical (unpaired) electrons. The summed E-state index contributed by atoms with van der Waals surface area (Å²) in [4.78, 5) is 19.2. The van der Waals surface area contributed by atoms with Gasteiger partial charge in [-0.05, 0) is 96.1 Å². The minimum atomic E-state index is 0.790. The van der Waals surface area contributed by atoms with E-state index in [2.05, 4.69) is 128 Å². The van der Waals surface area contributed by atoms with Crippen molar-refractivity contribution in [1.82, 2.24) is 29.1 Å². The molecule has 0 fully saturated rings. The van der Waals surface area contributed by atoms with Crippen molar-refractivity contribution in [2.24, 2.45) is 0 Å². The lowest BCUT2D eigenvalue weighted by Gasteiger charge is -2.13. The monoisotopic (exact) mass is 640 g/mol. The first-order valence-corrected chi connectivity index (χ1v) is 16.6. The van der Waals surface area contributed by atoms with Crippen LogP contribution in [0.4, 0.5) is 0 Å². The normalized spacial score (nSPS) is 11.6. The Morgan fingerprint density at radius 1 is 0.380 bits per heavy atom. The molecule has 6 heterocycles. The Bertz CT molecular complexity index is 2800. The lowest BCUT2D eigenvalue weighted by Crippen LogP contribution is -1.99. The highest BCUT2D eigenvalue weighted by molar-refractivity contribution is 6.17. The fourth-order valence-electron chi connectivity index (χ4n) is 7.33. The van der Waals surface area contributed by atoms with Crippen LogP contribution in [0.3, 0.4) is 0 Å². The lowest BCUT2D eigenvalue weighted by atomic mass is 9.98. The summed E-state index contributed by atoms with van der Waals surface area (Å²) in [5, 5.41) is 3.50. The summed E-state index contributed by atoms with van der Waals surface area (Å²) in [7, 11) is 0. The van der Waals surface area contributed by atoms with Gasteiger partial charge in [0.25, 0.3) is 0 Å². The topological polar surface area (TPSA) is 61.4 Å². The molecule has 0 spiro atoms. The Morgan fingerprint density at radius 3 is 1.80 bits per heavy atom. The van der Waals surface area contributed by atoms with Gasteiger partial charge in [-0.1, -0.05) is 66.7 Å². The molecule has 4 aromatic carbocycles. The van der Waals surface area contributed by atoms with Crippen molar-refractivity contribution in [3.63, 3.8) is 0 Å². The van der Waals surface area contributed by atoms with E-state index in [-0.39, 0.29) is 0 Å². The number of aromatic nitrogens is 6. The van der Waals surface area contributed by atoms with Gasteiger partial charge in [-0.3, -0.25) is 15.0 Å². The van der Waals surface area contributed by atoms with Crippen LogP contribution < -0.4 is 0 Å². The molecule has 0 saturated carbocycles. The molecule has 0 aliphatic carbocycles. The average Bonchev–Trinajstić information content (AvgIpc) is 3.71. The average molecular weight is 641 g/mol. The molecule has 0 saturated heterocycles. The van der Waals surface area contributed by atoms with E-state index in [0.717, 1.165) is 72.7 Å². The van der Waals surface area contributed by atoms with Crippen molar-refractivity contribution in [3.8, 4) is 45.3 Å². The predicted molar refractivity (Wildman–Crippen MR) is 203 cm³/mol. The molecule has 0 N–H and O–H groups in total.